The lowest BCUT2D eigenvalue weighted by atomic mass is 9.76. The van der Waals surface area contributed by atoms with Crippen molar-refractivity contribution in [1.29, 1.82) is 0 Å². The van der Waals surface area contributed by atoms with E-state index in [4.69, 9.17) is 21.1 Å². The summed E-state index contributed by atoms with van der Waals surface area (Å²) in [5, 5.41) is -0.372. The van der Waals surface area contributed by atoms with Crippen LogP contribution in [0.5, 0.6) is 5.75 Å². The number of nitrogens with one attached hydrogen (secondary N) is 2. The Morgan fingerprint density at radius 1 is 1.21 bits per heavy atom. The first-order valence-corrected chi connectivity index (χ1v) is 10.4. The summed E-state index contributed by atoms with van der Waals surface area (Å²) < 4.78 is 81.2. The third-order valence-electron chi connectivity index (χ3n) is 6.47. The summed E-state index contributed by atoms with van der Waals surface area (Å²) in [6, 6.07) is 2.83. The summed E-state index contributed by atoms with van der Waals surface area (Å²) in [5.41, 5.74) is -4.57. The highest BCUT2D eigenvalue weighted by Gasteiger charge is 2.65. The second kappa shape index (κ2) is 8.09. The Labute approximate surface area is 193 Å². The van der Waals surface area contributed by atoms with E-state index in [1.165, 1.54) is 6.92 Å². The smallest absolute Gasteiger partial charge is 0.417 e. The van der Waals surface area contributed by atoms with Gasteiger partial charge >= 0.3 is 6.18 Å². The summed E-state index contributed by atoms with van der Waals surface area (Å²) in [6.07, 6.45) is -5.20. The summed E-state index contributed by atoms with van der Waals surface area (Å²) in [7, 11) is 1.06. The van der Waals surface area contributed by atoms with Crippen molar-refractivity contribution in [1.82, 2.24) is 9.97 Å². The van der Waals surface area contributed by atoms with Crippen molar-refractivity contribution in [3.8, 4) is 5.75 Å². The Kier molecular flexibility index (Phi) is 5.76. The van der Waals surface area contributed by atoms with E-state index in [1.807, 2.05) is 0 Å². The molecule has 12 heteroatoms. The van der Waals surface area contributed by atoms with Gasteiger partial charge in [0.25, 0.3) is 5.56 Å². The van der Waals surface area contributed by atoms with E-state index in [0.29, 0.717) is 0 Å². The SMILES string of the molecule is COc1c([C@H]2[C@H](c3cc(=O)c4c(=O)[nH]cc(Cl)c4[nH]3)O[C@@](C)(C(F)(F)F)[C@H]2C)ccc(F)c1F. The highest BCUT2D eigenvalue weighted by molar-refractivity contribution is 6.34. The second-order valence-corrected chi connectivity index (χ2v) is 8.65. The molecule has 0 radical (unpaired) electrons. The number of benzene rings is 1. The highest BCUT2D eigenvalue weighted by Crippen LogP contribution is 2.59. The largest absolute Gasteiger partial charge is 0.493 e. The van der Waals surface area contributed by atoms with Crippen LogP contribution in [0, 0.1) is 17.6 Å². The normalized spacial score (nSPS) is 25.1. The number of alkyl halides is 3. The number of aromatic amines is 2. The Morgan fingerprint density at radius 3 is 2.50 bits per heavy atom. The van der Waals surface area contributed by atoms with E-state index >= 15 is 0 Å². The zero-order valence-corrected chi connectivity index (χ0v) is 18.7. The summed E-state index contributed by atoms with van der Waals surface area (Å²) >= 11 is 6.10. The molecule has 34 heavy (non-hydrogen) atoms. The molecule has 6 nitrogen and oxygen atoms in total. The van der Waals surface area contributed by atoms with Gasteiger partial charge in [-0.2, -0.15) is 17.6 Å². The Morgan fingerprint density at radius 2 is 1.88 bits per heavy atom. The van der Waals surface area contributed by atoms with Crippen LogP contribution in [0.15, 0.2) is 34.0 Å². The van der Waals surface area contributed by atoms with Gasteiger partial charge in [0, 0.05) is 35.4 Å². The van der Waals surface area contributed by atoms with Gasteiger partial charge in [-0.05, 0) is 13.0 Å². The lowest BCUT2D eigenvalue weighted by molar-refractivity contribution is -0.275. The molecule has 1 aliphatic heterocycles. The lowest BCUT2D eigenvalue weighted by Crippen LogP contribution is -2.46. The number of H-pyrrole nitrogens is 2. The number of hydrogen-bond acceptors (Lipinski definition) is 4. The third kappa shape index (κ3) is 3.49. The van der Waals surface area contributed by atoms with Crippen molar-refractivity contribution < 1.29 is 31.4 Å². The third-order valence-corrected chi connectivity index (χ3v) is 6.76. The van der Waals surface area contributed by atoms with Crippen LogP contribution in [0.25, 0.3) is 10.9 Å². The predicted molar refractivity (Wildman–Crippen MR) is 113 cm³/mol. The fourth-order valence-corrected chi connectivity index (χ4v) is 4.69. The summed E-state index contributed by atoms with van der Waals surface area (Å²) in [5.74, 6) is -5.74. The average molecular weight is 505 g/mol. The minimum absolute atomic E-state index is 0.0554. The van der Waals surface area contributed by atoms with Crippen molar-refractivity contribution in [2.75, 3.05) is 7.11 Å². The van der Waals surface area contributed by atoms with Crippen LogP contribution < -0.4 is 15.7 Å². The fraction of sp³-hybridized carbons (Fsp3) is 0.364. The van der Waals surface area contributed by atoms with E-state index in [2.05, 4.69) is 9.97 Å². The Bertz CT molecular complexity index is 1400. The van der Waals surface area contributed by atoms with Crippen molar-refractivity contribution >= 4 is 22.5 Å². The standard InChI is InChI=1S/C22H18ClF5N2O4/c1-8-14(9-4-5-11(24)16(25)18(9)33-3)19(34-21(8,2)22(26,27)28)12-6-13(31)15-17(30-12)10(23)7-29-20(15)32/h4-8,14,19H,1-3H3,(H,29,32)(H,30,31)/t8-,14-,19-,21+/m0/s1. The molecule has 182 valence electrons. The van der Waals surface area contributed by atoms with Crippen LogP contribution in [0.4, 0.5) is 22.0 Å². The van der Waals surface area contributed by atoms with E-state index < -0.39 is 58.1 Å². The van der Waals surface area contributed by atoms with Crippen LogP contribution in [0.2, 0.25) is 5.02 Å². The molecule has 4 rings (SSSR count). The molecule has 0 unspecified atom stereocenters. The van der Waals surface area contributed by atoms with Gasteiger partial charge < -0.3 is 19.4 Å². The zero-order valence-electron chi connectivity index (χ0n) is 17.9. The van der Waals surface area contributed by atoms with Crippen molar-refractivity contribution in [2.45, 2.75) is 37.6 Å². The molecule has 3 aromatic rings. The van der Waals surface area contributed by atoms with Gasteiger partial charge in [-0.15, -0.1) is 0 Å². The minimum atomic E-state index is -4.85. The maximum atomic E-state index is 14.5. The van der Waals surface area contributed by atoms with Crippen molar-refractivity contribution in [3.05, 3.63) is 72.9 Å². The van der Waals surface area contributed by atoms with Gasteiger partial charge in [-0.3, -0.25) is 9.59 Å². The molecule has 1 aliphatic rings. The number of hydrogen-bond donors (Lipinski definition) is 2. The number of ether oxygens (including phenoxy) is 2. The number of halogens is 6. The van der Waals surface area contributed by atoms with E-state index in [0.717, 1.165) is 38.4 Å². The van der Waals surface area contributed by atoms with Crippen molar-refractivity contribution in [2.24, 2.45) is 5.92 Å². The van der Waals surface area contributed by atoms with Crippen molar-refractivity contribution in [3.63, 3.8) is 0 Å². The van der Waals surface area contributed by atoms with Gasteiger partial charge in [0.05, 0.1) is 17.6 Å². The number of aromatic nitrogens is 2. The molecule has 2 aromatic heterocycles. The predicted octanol–water partition coefficient (Wildman–Crippen LogP) is 4.97. The molecule has 0 bridgehead atoms. The minimum Gasteiger partial charge on any atom is -0.493 e. The number of methoxy groups -OCH3 is 1. The molecule has 0 saturated carbocycles. The van der Waals surface area contributed by atoms with Crippen LogP contribution in [-0.2, 0) is 4.74 Å². The molecule has 0 amide bonds. The van der Waals surface area contributed by atoms with Crippen LogP contribution in [-0.4, -0.2) is 28.9 Å². The van der Waals surface area contributed by atoms with E-state index in [1.54, 1.807) is 0 Å². The summed E-state index contributed by atoms with van der Waals surface area (Å²) in [4.78, 5) is 29.9. The average Bonchev–Trinajstić information content (AvgIpc) is 3.04. The Hall–Kier alpha value is -2.92. The van der Waals surface area contributed by atoms with Gasteiger partial charge in [0.2, 0.25) is 5.82 Å². The van der Waals surface area contributed by atoms with E-state index in [-0.39, 0.29) is 27.2 Å². The quantitative estimate of drug-likeness (QED) is 0.493. The number of rotatable bonds is 3. The topological polar surface area (TPSA) is 84.2 Å². The van der Waals surface area contributed by atoms with Gasteiger partial charge in [0.15, 0.2) is 22.6 Å². The number of fused-ring (bicyclic) bond motifs is 1. The molecule has 3 heterocycles. The Balaban J connectivity index is 2.01. The zero-order chi connectivity index (χ0) is 25.2. The highest BCUT2D eigenvalue weighted by atomic mass is 35.5. The van der Waals surface area contributed by atoms with Crippen LogP contribution >= 0.6 is 11.6 Å². The molecule has 4 atom stereocenters. The molecule has 1 saturated heterocycles. The fourth-order valence-electron chi connectivity index (χ4n) is 4.49. The molecule has 0 aliphatic carbocycles. The molecule has 1 fully saturated rings. The molecule has 0 spiro atoms. The molecule has 2 N–H and O–H groups in total. The van der Waals surface area contributed by atoms with Gasteiger partial charge in [0.1, 0.15) is 11.5 Å². The van der Waals surface area contributed by atoms with Gasteiger partial charge in [-0.1, -0.05) is 24.6 Å². The summed E-state index contributed by atoms with van der Waals surface area (Å²) in [6.45, 7) is 2.10. The first kappa shape index (κ1) is 24.2. The first-order chi connectivity index (χ1) is 15.8. The van der Waals surface area contributed by atoms with Gasteiger partial charge in [-0.25, -0.2) is 4.39 Å². The maximum Gasteiger partial charge on any atom is 0.417 e. The van der Waals surface area contributed by atoms with Crippen LogP contribution in [0.1, 0.15) is 37.1 Å². The maximum absolute atomic E-state index is 14.5. The monoisotopic (exact) mass is 504 g/mol. The molecule has 1 aromatic carbocycles. The molecular formula is C22H18ClF5N2O4. The first-order valence-electron chi connectivity index (χ1n) is 10.0. The number of pyridine rings is 2. The second-order valence-electron chi connectivity index (χ2n) is 8.25. The molecular weight excluding hydrogens is 487 g/mol. The van der Waals surface area contributed by atoms with E-state index in [9.17, 15) is 31.5 Å². The van der Waals surface area contributed by atoms with Crippen LogP contribution in [0.3, 0.4) is 0 Å². The lowest BCUT2D eigenvalue weighted by Gasteiger charge is -2.32.